The second-order valence-electron chi connectivity index (χ2n) is 5.55. The summed E-state index contributed by atoms with van der Waals surface area (Å²) in [5.41, 5.74) is 2.14. The van der Waals surface area contributed by atoms with Crippen molar-refractivity contribution >= 4 is 0 Å². The van der Waals surface area contributed by atoms with Gasteiger partial charge in [-0.3, -0.25) is 4.79 Å². The Kier molecular flexibility index (Phi) is 3.88. The highest BCUT2D eigenvalue weighted by molar-refractivity contribution is 5.26. The minimum atomic E-state index is -0.167. The molecule has 0 radical (unpaired) electrons. The van der Waals surface area contributed by atoms with Crippen LogP contribution in [0.3, 0.4) is 0 Å². The van der Waals surface area contributed by atoms with E-state index in [1.165, 1.54) is 5.56 Å². The molecule has 100 valence electrons. The molecule has 0 spiro atoms. The zero-order valence-electron chi connectivity index (χ0n) is 11.4. The largest absolute Gasteiger partial charge is 0.377 e. The SMILES string of the molecule is COC(C)(C)CNC1CCCc2[nH]c(=O)ccc21. The summed E-state index contributed by atoms with van der Waals surface area (Å²) in [6, 6.07) is 3.88. The normalized spacial score (nSPS) is 19.6. The van der Waals surface area contributed by atoms with Crippen LogP contribution in [0.1, 0.15) is 44.0 Å². The lowest BCUT2D eigenvalue weighted by molar-refractivity contribution is 0.0205. The smallest absolute Gasteiger partial charge is 0.248 e. The number of hydrogen-bond acceptors (Lipinski definition) is 3. The van der Waals surface area contributed by atoms with E-state index in [-0.39, 0.29) is 11.2 Å². The molecule has 1 unspecified atom stereocenters. The van der Waals surface area contributed by atoms with Crippen LogP contribution in [0.5, 0.6) is 0 Å². The fraction of sp³-hybridized carbons (Fsp3) is 0.643. The number of aromatic amines is 1. The molecule has 0 amide bonds. The monoisotopic (exact) mass is 250 g/mol. The average Bonchev–Trinajstić information content (AvgIpc) is 2.36. The van der Waals surface area contributed by atoms with E-state index in [4.69, 9.17) is 4.74 Å². The van der Waals surface area contributed by atoms with Crippen LogP contribution in [0, 0.1) is 0 Å². The Morgan fingerprint density at radius 3 is 3.00 bits per heavy atom. The van der Waals surface area contributed by atoms with Crippen LogP contribution >= 0.6 is 0 Å². The number of ether oxygens (including phenoxy) is 1. The Hall–Kier alpha value is -1.13. The second-order valence-corrected chi connectivity index (χ2v) is 5.55. The molecule has 2 N–H and O–H groups in total. The Bertz CT molecular complexity index is 465. The van der Waals surface area contributed by atoms with Gasteiger partial charge in [-0.05, 0) is 38.7 Å². The third-order valence-electron chi connectivity index (χ3n) is 3.66. The molecule has 1 aromatic heterocycles. The molecule has 1 aliphatic rings. The molecule has 18 heavy (non-hydrogen) atoms. The summed E-state index contributed by atoms with van der Waals surface area (Å²) in [5, 5.41) is 3.54. The maximum absolute atomic E-state index is 11.3. The van der Waals surface area contributed by atoms with Gasteiger partial charge in [-0.2, -0.15) is 0 Å². The zero-order valence-corrected chi connectivity index (χ0v) is 11.4. The lowest BCUT2D eigenvalue weighted by Crippen LogP contribution is -2.39. The quantitative estimate of drug-likeness (QED) is 0.856. The number of hydrogen-bond donors (Lipinski definition) is 2. The minimum Gasteiger partial charge on any atom is -0.377 e. The molecule has 1 aliphatic carbocycles. The topological polar surface area (TPSA) is 54.1 Å². The summed E-state index contributed by atoms with van der Waals surface area (Å²) in [6.07, 6.45) is 3.19. The summed E-state index contributed by atoms with van der Waals surface area (Å²) in [7, 11) is 1.73. The molecule has 0 saturated carbocycles. The molecule has 4 heteroatoms. The van der Waals surface area contributed by atoms with Gasteiger partial charge in [-0.25, -0.2) is 0 Å². The first-order chi connectivity index (χ1) is 8.52. The van der Waals surface area contributed by atoms with E-state index < -0.39 is 0 Å². The Morgan fingerprint density at radius 2 is 2.28 bits per heavy atom. The van der Waals surface area contributed by atoms with E-state index in [1.807, 2.05) is 6.07 Å². The standard InChI is InChI=1S/C14H22N2O2/c1-14(2,18-3)9-15-11-5-4-6-12-10(11)7-8-13(17)16-12/h7-8,11,15H,4-6,9H2,1-3H3,(H,16,17). The van der Waals surface area contributed by atoms with Crippen LogP contribution < -0.4 is 10.9 Å². The van der Waals surface area contributed by atoms with Crippen LogP contribution in [-0.2, 0) is 11.2 Å². The van der Waals surface area contributed by atoms with Crippen molar-refractivity contribution in [2.24, 2.45) is 0 Å². The van der Waals surface area contributed by atoms with Crippen molar-refractivity contribution in [1.29, 1.82) is 0 Å². The van der Waals surface area contributed by atoms with Gasteiger partial charge in [0.1, 0.15) is 0 Å². The molecule has 4 nitrogen and oxygen atoms in total. The van der Waals surface area contributed by atoms with Crippen molar-refractivity contribution < 1.29 is 4.74 Å². The molecule has 0 aliphatic heterocycles. The number of pyridine rings is 1. The first-order valence-corrected chi connectivity index (χ1v) is 6.52. The van der Waals surface area contributed by atoms with Gasteiger partial charge in [0.25, 0.3) is 0 Å². The predicted molar refractivity (Wildman–Crippen MR) is 71.8 cm³/mol. The van der Waals surface area contributed by atoms with E-state index in [2.05, 4.69) is 24.1 Å². The van der Waals surface area contributed by atoms with Gasteiger partial charge in [-0.15, -0.1) is 0 Å². The number of aromatic nitrogens is 1. The molecule has 1 aromatic rings. The molecular weight excluding hydrogens is 228 g/mol. The summed E-state index contributed by atoms with van der Waals surface area (Å²) < 4.78 is 5.42. The Balaban J connectivity index is 2.11. The average molecular weight is 250 g/mol. The first kappa shape index (κ1) is 13.3. The molecule has 0 fully saturated rings. The number of fused-ring (bicyclic) bond motifs is 1. The molecule has 0 aromatic carbocycles. The van der Waals surface area contributed by atoms with E-state index in [0.29, 0.717) is 6.04 Å². The summed E-state index contributed by atoms with van der Waals surface area (Å²) in [5.74, 6) is 0. The van der Waals surface area contributed by atoms with Crippen LogP contribution in [0.25, 0.3) is 0 Å². The molecule has 2 rings (SSSR count). The zero-order chi connectivity index (χ0) is 13.2. The highest BCUT2D eigenvalue weighted by atomic mass is 16.5. The molecule has 1 atom stereocenters. The third kappa shape index (κ3) is 3.00. The highest BCUT2D eigenvalue weighted by Crippen LogP contribution is 2.27. The van der Waals surface area contributed by atoms with Gasteiger partial charge < -0.3 is 15.0 Å². The Morgan fingerprint density at radius 1 is 1.50 bits per heavy atom. The summed E-state index contributed by atoms with van der Waals surface area (Å²) in [4.78, 5) is 14.3. The fourth-order valence-corrected chi connectivity index (χ4v) is 2.35. The number of nitrogens with one attached hydrogen (secondary N) is 2. The molecule has 0 saturated heterocycles. The van der Waals surface area contributed by atoms with Gasteiger partial charge in [0.05, 0.1) is 5.60 Å². The van der Waals surface area contributed by atoms with Gasteiger partial charge in [0.2, 0.25) is 5.56 Å². The van der Waals surface area contributed by atoms with Crippen LogP contribution in [0.4, 0.5) is 0 Å². The van der Waals surface area contributed by atoms with Crippen LogP contribution in [0.2, 0.25) is 0 Å². The fourth-order valence-electron chi connectivity index (χ4n) is 2.35. The third-order valence-corrected chi connectivity index (χ3v) is 3.66. The lowest BCUT2D eigenvalue weighted by Gasteiger charge is -2.30. The number of aryl methyl sites for hydroxylation is 1. The summed E-state index contributed by atoms with van der Waals surface area (Å²) >= 11 is 0. The van der Waals surface area contributed by atoms with Gasteiger partial charge >= 0.3 is 0 Å². The van der Waals surface area contributed by atoms with Gasteiger partial charge in [0.15, 0.2) is 0 Å². The van der Waals surface area contributed by atoms with Crippen molar-refractivity contribution in [3.05, 3.63) is 33.7 Å². The first-order valence-electron chi connectivity index (χ1n) is 6.52. The number of H-pyrrole nitrogens is 1. The van der Waals surface area contributed by atoms with Crippen LogP contribution in [-0.4, -0.2) is 24.2 Å². The molecular formula is C14H22N2O2. The van der Waals surface area contributed by atoms with Gasteiger partial charge in [0, 0.05) is 31.5 Å². The second kappa shape index (κ2) is 5.24. The number of rotatable bonds is 4. The minimum absolute atomic E-state index is 0.00776. The van der Waals surface area contributed by atoms with E-state index in [1.54, 1.807) is 13.2 Å². The van der Waals surface area contributed by atoms with E-state index >= 15 is 0 Å². The van der Waals surface area contributed by atoms with E-state index in [9.17, 15) is 4.79 Å². The van der Waals surface area contributed by atoms with Crippen LogP contribution in [0.15, 0.2) is 16.9 Å². The van der Waals surface area contributed by atoms with Crippen molar-refractivity contribution in [2.75, 3.05) is 13.7 Å². The molecule has 1 heterocycles. The van der Waals surface area contributed by atoms with Crippen molar-refractivity contribution in [3.63, 3.8) is 0 Å². The maximum atomic E-state index is 11.3. The lowest BCUT2D eigenvalue weighted by atomic mass is 9.91. The van der Waals surface area contributed by atoms with Crippen molar-refractivity contribution in [2.45, 2.75) is 44.8 Å². The van der Waals surface area contributed by atoms with Crippen molar-refractivity contribution in [1.82, 2.24) is 10.3 Å². The van der Waals surface area contributed by atoms with Crippen molar-refractivity contribution in [3.8, 4) is 0 Å². The molecule has 0 bridgehead atoms. The predicted octanol–water partition coefficient (Wildman–Crippen LogP) is 1.77. The van der Waals surface area contributed by atoms with E-state index in [0.717, 1.165) is 31.5 Å². The highest BCUT2D eigenvalue weighted by Gasteiger charge is 2.23. The maximum Gasteiger partial charge on any atom is 0.248 e. The Labute approximate surface area is 108 Å². The van der Waals surface area contributed by atoms with Gasteiger partial charge in [-0.1, -0.05) is 6.07 Å². The number of methoxy groups -OCH3 is 1. The summed E-state index contributed by atoms with van der Waals surface area (Å²) in [6.45, 7) is 4.93.